The van der Waals surface area contributed by atoms with Gasteiger partial charge in [-0.05, 0) is 13.8 Å². The first-order chi connectivity index (χ1) is 9.76. The lowest BCUT2D eigenvalue weighted by molar-refractivity contribution is -0.903. The second-order valence-corrected chi connectivity index (χ2v) is 6.70. The van der Waals surface area contributed by atoms with Crippen molar-refractivity contribution in [1.82, 2.24) is 4.98 Å². The smallest absolute Gasteiger partial charge is 0.0968 e. The lowest BCUT2D eigenvalue weighted by Gasteiger charge is -2.27. The van der Waals surface area contributed by atoms with Crippen LogP contribution in [0.25, 0.3) is 11.3 Å². The van der Waals surface area contributed by atoms with Crippen LogP contribution in [0.15, 0.2) is 29.6 Å². The first-order valence-corrected chi connectivity index (χ1v) is 8.50. The van der Waals surface area contributed by atoms with Crippen LogP contribution >= 0.6 is 11.3 Å². The number of hydrogen-bond donors (Lipinski definition) is 1. The van der Waals surface area contributed by atoms with E-state index < -0.39 is 0 Å². The molecule has 1 aromatic heterocycles. The number of hydrogen-bond acceptors (Lipinski definition) is 2. The summed E-state index contributed by atoms with van der Waals surface area (Å²) < 4.78 is 0. The Kier molecular flexibility index (Phi) is 4.18. The fraction of sp³-hybridized carbons (Fsp3) is 0.471. The number of quaternary nitrogens is 1. The fourth-order valence-corrected chi connectivity index (χ4v) is 3.96. The van der Waals surface area contributed by atoms with E-state index >= 15 is 0 Å². The zero-order valence-corrected chi connectivity index (χ0v) is 13.2. The molecule has 1 fully saturated rings. The van der Waals surface area contributed by atoms with E-state index in [-0.39, 0.29) is 0 Å². The van der Waals surface area contributed by atoms with Gasteiger partial charge in [0.25, 0.3) is 0 Å². The van der Waals surface area contributed by atoms with Crippen LogP contribution in [0.5, 0.6) is 0 Å². The molecular formula is C17H23N2S+. The SMILES string of the molecule is CC[NH+]1CCC(c2nc(-c3ccc(C)cc3)cs2)CC1. The minimum absolute atomic E-state index is 0.689. The molecule has 0 aliphatic carbocycles. The Hall–Kier alpha value is -1.19. The van der Waals surface area contributed by atoms with Crippen LogP contribution in [0, 0.1) is 6.92 Å². The molecule has 0 saturated carbocycles. The summed E-state index contributed by atoms with van der Waals surface area (Å²) in [5.41, 5.74) is 3.70. The quantitative estimate of drug-likeness (QED) is 0.919. The van der Waals surface area contributed by atoms with Crippen LogP contribution in [0.2, 0.25) is 0 Å². The van der Waals surface area contributed by atoms with Gasteiger partial charge in [0.15, 0.2) is 0 Å². The summed E-state index contributed by atoms with van der Waals surface area (Å²) in [4.78, 5) is 6.64. The Morgan fingerprint density at radius 3 is 2.55 bits per heavy atom. The number of thiazole rings is 1. The van der Waals surface area contributed by atoms with Gasteiger partial charge < -0.3 is 4.90 Å². The highest BCUT2D eigenvalue weighted by molar-refractivity contribution is 7.10. The molecule has 1 saturated heterocycles. The Morgan fingerprint density at radius 1 is 1.20 bits per heavy atom. The predicted octanol–water partition coefficient (Wildman–Crippen LogP) is 2.90. The maximum atomic E-state index is 4.89. The van der Waals surface area contributed by atoms with E-state index in [1.165, 1.54) is 48.6 Å². The third kappa shape index (κ3) is 2.94. The van der Waals surface area contributed by atoms with Gasteiger partial charge in [0, 0.05) is 29.7 Å². The third-order valence-electron chi connectivity index (χ3n) is 4.41. The first kappa shape index (κ1) is 13.8. The summed E-state index contributed by atoms with van der Waals surface area (Å²) in [5.74, 6) is 0.689. The molecule has 2 heterocycles. The van der Waals surface area contributed by atoms with Gasteiger partial charge in [-0.15, -0.1) is 11.3 Å². The van der Waals surface area contributed by atoms with Gasteiger partial charge in [-0.2, -0.15) is 0 Å². The van der Waals surface area contributed by atoms with Crippen molar-refractivity contribution in [2.24, 2.45) is 0 Å². The second kappa shape index (κ2) is 6.06. The van der Waals surface area contributed by atoms with Crippen molar-refractivity contribution < 1.29 is 4.90 Å². The van der Waals surface area contributed by atoms with Crippen molar-refractivity contribution in [2.75, 3.05) is 19.6 Å². The number of likely N-dealkylation sites (tertiary alicyclic amines) is 1. The van der Waals surface area contributed by atoms with E-state index in [0.717, 1.165) is 5.69 Å². The van der Waals surface area contributed by atoms with Crippen LogP contribution in [0.1, 0.15) is 36.3 Å². The summed E-state index contributed by atoms with van der Waals surface area (Å²) in [7, 11) is 0. The fourth-order valence-electron chi connectivity index (χ4n) is 2.96. The molecule has 2 nitrogen and oxygen atoms in total. The summed E-state index contributed by atoms with van der Waals surface area (Å²) in [6.07, 6.45) is 2.59. The predicted molar refractivity (Wildman–Crippen MR) is 85.5 cm³/mol. The van der Waals surface area contributed by atoms with Crippen molar-refractivity contribution in [3.05, 3.63) is 40.2 Å². The molecule has 0 unspecified atom stereocenters. The normalized spacial score (nSPS) is 22.9. The Labute approximate surface area is 125 Å². The average molecular weight is 287 g/mol. The van der Waals surface area contributed by atoms with Crippen LogP contribution in [-0.2, 0) is 0 Å². The molecule has 1 aliphatic heterocycles. The van der Waals surface area contributed by atoms with E-state index in [2.05, 4.69) is 43.5 Å². The number of benzene rings is 1. The van der Waals surface area contributed by atoms with Gasteiger partial charge >= 0.3 is 0 Å². The molecule has 0 amide bonds. The number of piperidine rings is 1. The molecule has 1 N–H and O–H groups in total. The van der Waals surface area contributed by atoms with E-state index in [0.29, 0.717) is 5.92 Å². The standard InChI is InChI=1S/C17H22N2S/c1-3-19-10-8-15(9-11-19)17-18-16(12-20-17)14-6-4-13(2)5-7-14/h4-7,12,15H,3,8-11H2,1-2H3/p+1. The van der Waals surface area contributed by atoms with Crippen molar-refractivity contribution in [3.63, 3.8) is 0 Å². The second-order valence-electron chi connectivity index (χ2n) is 5.81. The lowest BCUT2D eigenvalue weighted by atomic mass is 9.97. The van der Waals surface area contributed by atoms with E-state index in [9.17, 15) is 0 Å². The number of rotatable bonds is 3. The summed E-state index contributed by atoms with van der Waals surface area (Å²) >= 11 is 1.84. The maximum Gasteiger partial charge on any atom is 0.0968 e. The highest BCUT2D eigenvalue weighted by Crippen LogP contribution is 2.30. The van der Waals surface area contributed by atoms with Gasteiger partial charge in [-0.3, -0.25) is 0 Å². The molecule has 2 aromatic rings. The van der Waals surface area contributed by atoms with Gasteiger partial charge in [-0.25, -0.2) is 4.98 Å². The summed E-state index contributed by atoms with van der Waals surface area (Å²) in [6, 6.07) is 8.69. The van der Waals surface area contributed by atoms with Crippen LogP contribution < -0.4 is 4.90 Å². The monoisotopic (exact) mass is 287 g/mol. The molecule has 106 valence electrons. The van der Waals surface area contributed by atoms with Crippen LogP contribution in [0.4, 0.5) is 0 Å². The van der Waals surface area contributed by atoms with E-state index in [1.807, 2.05) is 11.3 Å². The molecule has 0 spiro atoms. The first-order valence-electron chi connectivity index (χ1n) is 7.62. The van der Waals surface area contributed by atoms with Gasteiger partial charge in [0.05, 0.1) is 30.3 Å². The number of aryl methyl sites for hydroxylation is 1. The molecule has 1 aliphatic rings. The Bertz CT molecular complexity index is 551. The molecule has 3 heteroatoms. The zero-order valence-electron chi connectivity index (χ0n) is 12.4. The van der Waals surface area contributed by atoms with Crippen molar-refractivity contribution >= 4 is 11.3 Å². The number of nitrogens with one attached hydrogen (secondary N) is 1. The average Bonchev–Trinajstić information content (AvgIpc) is 2.98. The molecule has 0 atom stereocenters. The topological polar surface area (TPSA) is 17.3 Å². The van der Waals surface area contributed by atoms with E-state index in [1.54, 1.807) is 4.90 Å². The highest BCUT2D eigenvalue weighted by atomic mass is 32.1. The van der Waals surface area contributed by atoms with Crippen molar-refractivity contribution in [2.45, 2.75) is 32.6 Å². The summed E-state index contributed by atoms with van der Waals surface area (Å²) in [5, 5.41) is 3.56. The van der Waals surface area contributed by atoms with Crippen molar-refractivity contribution in [1.29, 1.82) is 0 Å². The minimum Gasteiger partial charge on any atom is -0.335 e. The minimum atomic E-state index is 0.689. The number of nitrogens with zero attached hydrogens (tertiary/aromatic N) is 1. The lowest BCUT2D eigenvalue weighted by Crippen LogP contribution is -3.12. The van der Waals surface area contributed by atoms with Crippen LogP contribution in [0.3, 0.4) is 0 Å². The third-order valence-corrected chi connectivity index (χ3v) is 5.42. The molecule has 0 bridgehead atoms. The molecule has 1 aromatic carbocycles. The summed E-state index contributed by atoms with van der Waals surface area (Å²) in [6.45, 7) is 8.29. The van der Waals surface area contributed by atoms with Gasteiger partial charge in [0.2, 0.25) is 0 Å². The molecular weight excluding hydrogens is 264 g/mol. The zero-order chi connectivity index (χ0) is 13.9. The Balaban J connectivity index is 1.72. The number of aromatic nitrogens is 1. The molecule has 20 heavy (non-hydrogen) atoms. The van der Waals surface area contributed by atoms with Crippen molar-refractivity contribution in [3.8, 4) is 11.3 Å². The largest absolute Gasteiger partial charge is 0.335 e. The van der Waals surface area contributed by atoms with Crippen LogP contribution in [-0.4, -0.2) is 24.6 Å². The van der Waals surface area contributed by atoms with Gasteiger partial charge in [-0.1, -0.05) is 29.8 Å². The highest BCUT2D eigenvalue weighted by Gasteiger charge is 2.24. The van der Waals surface area contributed by atoms with E-state index in [4.69, 9.17) is 4.98 Å². The van der Waals surface area contributed by atoms with Gasteiger partial charge in [0.1, 0.15) is 0 Å². The maximum absolute atomic E-state index is 4.89. The molecule has 3 rings (SSSR count). The Morgan fingerprint density at radius 2 is 1.90 bits per heavy atom. The molecule has 0 radical (unpaired) electrons.